The molecule has 0 bridgehead atoms. The largest absolute Gasteiger partial charge is 0.306 e. The molecule has 0 aliphatic heterocycles. The highest BCUT2D eigenvalue weighted by molar-refractivity contribution is 4.92. The Morgan fingerprint density at radius 2 is 1.04 bits per heavy atom. The van der Waals surface area contributed by atoms with E-state index in [1.165, 1.54) is 103 Å². The summed E-state index contributed by atoms with van der Waals surface area (Å²) < 4.78 is 0. The quantitative estimate of drug-likeness (QED) is 0.151. The molecule has 0 spiro atoms. The van der Waals surface area contributed by atoms with Crippen LogP contribution in [0, 0.1) is 0 Å². The van der Waals surface area contributed by atoms with Crippen LogP contribution in [0.3, 0.4) is 0 Å². The monoisotopic (exact) mass is 377 g/mol. The summed E-state index contributed by atoms with van der Waals surface area (Å²) in [5, 5.41) is 0. The minimum Gasteiger partial charge on any atom is -0.306 e. The van der Waals surface area contributed by atoms with Gasteiger partial charge in [0.25, 0.3) is 0 Å². The zero-order valence-electron chi connectivity index (χ0n) is 19.4. The van der Waals surface area contributed by atoms with E-state index in [0.717, 1.165) is 12.5 Å². The molecule has 1 atom stereocenters. The van der Waals surface area contributed by atoms with Crippen LogP contribution in [0.1, 0.15) is 123 Å². The Morgan fingerprint density at radius 3 is 1.59 bits per heavy atom. The Bertz CT molecular complexity index is 329. The first kappa shape index (κ1) is 26.4. The smallest absolute Gasteiger partial charge is 0.00891 e. The lowest BCUT2D eigenvalue weighted by molar-refractivity contribution is 0.253. The fourth-order valence-corrected chi connectivity index (χ4v) is 3.65. The zero-order valence-corrected chi connectivity index (χ0v) is 19.4. The third-order valence-electron chi connectivity index (χ3n) is 5.61. The molecule has 0 aromatic carbocycles. The van der Waals surface area contributed by atoms with Crippen molar-refractivity contribution in [2.45, 2.75) is 129 Å². The van der Waals surface area contributed by atoms with Gasteiger partial charge in [-0.05, 0) is 59.0 Å². The van der Waals surface area contributed by atoms with Crippen LogP contribution in [0.4, 0.5) is 0 Å². The van der Waals surface area contributed by atoms with Gasteiger partial charge in [0.2, 0.25) is 0 Å². The van der Waals surface area contributed by atoms with Gasteiger partial charge in [0.1, 0.15) is 0 Å². The summed E-state index contributed by atoms with van der Waals surface area (Å²) in [6.07, 6.45) is 32.5. The van der Waals surface area contributed by atoms with Gasteiger partial charge < -0.3 is 4.90 Å². The van der Waals surface area contributed by atoms with Crippen molar-refractivity contribution in [3.8, 4) is 0 Å². The van der Waals surface area contributed by atoms with Gasteiger partial charge in [-0.2, -0.15) is 0 Å². The molecule has 1 unspecified atom stereocenters. The lowest BCUT2D eigenvalue weighted by Crippen LogP contribution is -2.27. The third kappa shape index (κ3) is 20.0. The fourth-order valence-electron chi connectivity index (χ4n) is 3.65. The molecular weight excluding hydrogens is 326 g/mol. The number of nitrogens with zero attached hydrogens (tertiary/aromatic N) is 1. The standard InChI is InChI=1S/C26H51N/c1-5-7-9-10-11-12-13-14-15-16-17-18-19-20-21-22-23-25-26(27(3)4)24-8-6-2/h11-12,14-15,26H,5-10,13,16-25H2,1-4H3/b12-11-,15-14-. The average Bonchev–Trinajstić information content (AvgIpc) is 2.66. The van der Waals surface area contributed by atoms with E-state index in [1.807, 2.05) is 0 Å². The first-order valence-electron chi connectivity index (χ1n) is 12.2. The second kappa shape index (κ2) is 21.7. The fraction of sp³-hybridized carbons (Fsp3) is 0.846. The molecule has 1 heteroatoms. The number of rotatable bonds is 20. The van der Waals surface area contributed by atoms with Crippen molar-refractivity contribution in [3.63, 3.8) is 0 Å². The van der Waals surface area contributed by atoms with Crippen LogP contribution in [-0.2, 0) is 0 Å². The van der Waals surface area contributed by atoms with Crippen molar-refractivity contribution < 1.29 is 0 Å². The second-order valence-corrected chi connectivity index (χ2v) is 8.49. The van der Waals surface area contributed by atoms with Crippen LogP contribution in [0.15, 0.2) is 24.3 Å². The Hall–Kier alpha value is -0.560. The minimum atomic E-state index is 0.808. The van der Waals surface area contributed by atoms with E-state index in [-0.39, 0.29) is 0 Å². The molecule has 0 aromatic rings. The summed E-state index contributed by atoms with van der Waals surface area (Å²) in [6.45, 7) is 4.57. The van der Waals surface area contributed by atoms with Crippen LogP contribution in [0.2, 0.25) is 0 Å². The molecule has 1 nitrogen and oxygen atoms in total. The molecule has 0 aromatic heterocycles. The summed E-state index contributed by atoms with van der Waals surface area (Å²) in [4.78, 5) is 2.44. The van der Waals surface area contributed by atoms with Gasteiger partial charge in [-0.1, -0.05) is 102 Å². The van der Waals surface area contributed by atoms with E-state index in [1.54, 1.807) is 0 Å². The van der Waals surface area contributed by atoms with E-state index in [4.69, 9.17) is 0 Å². The van der Waals surface area contributed by atoms with E-state index in [9.17, 15) is 0 Å². The van der Waals surface area contributed by atoms with Crippen LogP contribution >= 0.6 is 0 Å². The summed E-state index contributed by atoms with van der Waals surface area (Å²) in [5.74, 6) is 0. The average molecular weight is 378 g/mol. The molecule has 0 fully saturated rings. The van der Waals surface area contributed by atoms with E-state index in [0.29, 0.717) is 0 Å². The van der Waals surface area contributed by atoms with Gasteiger partial charge in [0.15, 0.2) is 0 Å². The molecular formula is C26H51N. The van der Waals surface area contributed by atoms with Gasteiger partial charge in [0, 0.05) is 6.04 Å². The van der Waals surface area contributed by atoms with Gasteiger partial charge in [-0.25, -0.2) is 0 Å². The molecule has 0 radical (unpaired) electrons. The summed E-state index contributed by atoms with van der Waals surface area (Å²) >= 11 is 0. The Balaban J connectivity index is 3.36. The SMILES string of the molecule is CCCCC/C=C\C/C=C\CCCCCCCCCC(CCCC)N(C)C. The Kier molecular flexibility index (Phi) is 21.3. The van der Waals surface area contributed by atoms with Gasteiger partial charge in [-0.3, -0.25) is 0 Å². The van der Waals surface area contributed by atoms with Crippen molar-refractivity contribution >= 4 is 0 Å². The molecule has 0 aliphatic rings. The molecule has 0 amide bonds. The molecule has 27 heavy (non-hydrogen) atoms. The first-order valence-corrected chi connectivity index (χ1v) is 12.2. The maximum absolute atomic E-state index is 2.44. The predicted octanol–water partition coefficient (Wildman–Crippen LogP) is 8.70. The third-order valence-corrected chi connectivity index (χ3v) is 5.61. The molecule has 0 saturated carbocycles. The maximum Gasteiger partial charge on any atom is 0.00891 e. The lowest BCUT2D eigenvalue weighted by atomic mass is 10.0. The zero-order chi connectivity index (χ0) is 20.0. The van der Waals surface area contributed by atoms with Crippen LogP contribution < -0.4 is 0 Å². The molecule has 0 saturated heterocycles. The van der Waals surface area contributed by atoms with Crippen LogP contribution in [0.5, 0.6) is 0 Å². The topological polar surface area (TPSA) is 3.24 Å². The summed E-state index contributed by atoms with van der Waals surface area (Å²) in [7, 11) is 4.50. The Labute approximate surface area is 172 Å². The van der Waals surface area contributed by atoms with Crippen molar-refractivity contribution in [1.82, 2.24) is 4.90 Å². The highest BCUT2D eigenvalue weighted by atomic mass is 15.1. The van der Waals surface area contributed by atoms with Crippen molar-refractivity contribution in [3.05, 3.63) is 24.3 Å². The number of hydrogen-bond donors (Lipinski definition) is 0. The van der Waals surface area contributed by atoms with Gasteiger partial charge in [-0.15, -0.1) is 0 Å². The van der Waals surface area contributed by atoms with E-state index >= 15 is 0 Å². The molecule has 0 rings (SSSR count). The van der Waals surface area contributed by atoms with E-state index < -0.39 is 0 Å². The first-order chi connectivity index (χ1) is 13.2. The summed E-state index contributed by atoms with van der Waals surface area (Å²) in [5.41, 5.74) is 0. The molecule has 0 aliphatic carbocycles. The van der Waals surface area contributed by atoms with Crippen LogP contribution in [0.25, 0.3) is 0 Å². The highest BCUT2D eigenvalue weighted by Gasteiger charge is 2.09. The highest BCUT2D eigenvalue weighted by Crippen LogP contribution is 2.16. The summed E-state index contributed by atoms with van der Waals surface area (Å²) in [6, 6.07) is 0.808. The number of hydrogen-bond acceptors (Lipinski definition) is 1. The lowest BCUT2D eigenvalue weighted by Gasteiger charge is -2.24. The molecule has 0 N–H and O–H groups in total. The predicted molar refractivity (Wildman–Crippen MR) is 126 cm³/mol. The molecule has 0 heterocycles. The maximum atomic E-state index is 2.44. The minimum absolute atomic E-state index is 0.808. The number of allylic oxidation sites excluding steroid dienone is 4. The van der Waals surface area contributed by atoms with Crippen LogP contribution in [-0.4, -0.2) is 25.0 Å². The normalized spacial score (nSPS) is 13.4. The van der Waals surface area contributed by atoms with Crippen molar-refractivity contribution in [2.75, 3.05) is 14.1 Å². The van der Waals surface area contributed by atoms with E-state index in [2.05, 4.69) is 57.1 Å². The van der Waals surface area contributed by atoms with Gasteiger partial charge >= 0.3 is 0 Å². The van der Waals surface area contributed by atoms with Crippen molar-refractivity contribution in [2.24, 2.45) is 0 Å². The molecule has 160 valence electrons. The van der Waals surface area contributed by atoms with Gasteiger partial charge in [0.05, 0.1) is 0 Å². The second-order valence-electron chi connectivity index (χ2n) is 8.49. The Morgan fingerprint density at radius 1 is 0.556 bits per heavy atom. The number of unbranched alkanes of at least 4 members (excludes halogenated alkanes) is 11. The van der Waals surface area contributed by atoms with Crippen molar-refractivity contribution in [1.29, 1.82) is 0 Å².